The Balaban J connectivity index is 1.39. The molecule has 0 atom stereocenters. The highest BCUT2D eigenvalue weighted by Crippen LogP contribution is 2.29. The smallest absolute Gasteiger partial charge is 0.257 e. The molecule has 1 aliphatic heterocycles. The van der Waals surface area contributed by atoms with E-state index in [0.29, 0.717) is 31.7 Å². The highest BCUT2D eigenvalue weighted by Gasteiger charge is 2.25. The topological polar surface area (TPSA) is 53.7 Å². The molecule has 1 saturated heterocycles. The maximum Gasteiger partial charge on any atom is 0.257 e. The van der Waals surface area contributed by atoms with Gasteiger partial charge in [0, 0.05) is 43.6 Å². The van der Waals surface area contributed by atoms with Crippen molar-refractivity contribution in [2.24, 2.45) is 0 Å². The van der Waals surface area contributed by atoms with Gasteiger partial charge < -0.3 is 9.80 Å². The van der Waals surface area contributed by atoms with Crippen molar-refractivity contribution in [3.8, 4) is 11.1 Å². The molecule has 1 amide bonds. The van der Waals surface area contributed by atoms with Gasteiger partial charge in [-0.2, -0.15) is 5.10 Å². The molecule has 3 heterocycles. The Labute approximate surface area is 192 Å². The van der Waals surface area contributed by atoms with E-state index in [1.54, 1.807) is 22.8 Å². The number of carbonyl (C=O) groups is 1. The number of benzene rings is 2. The number of halogens is 1. The molecule has 0 aliphatic carbocycles. The molecule has 5 rings (SSSR count). The number of aryl methyl sites for hydroxylation is 3. The van der Waals surface area contributed by atoms with Gasteiger partial charge in [-0.3, -0.25) is 4.79 Å². The van der Waals surface area contributed by atoms with Gasteiger partial charge in [0.15, 0.2) is 5.65 Å². The summed E-state index contributed by atoms with van der Waals surface area (Å²) in [5.74, 6) is -0.281. The minimum atomic E-state index is -0.245. The standard InChI is InChI=1S/C26H26FN5O/c1-17-5-4-6-20(15-17)24-18(2)29-32-19(3)23(16-28-25(24)32)26(33)31-13-11-30(12-14-31)22-9-7-21(27)8-10-22/h4-10,15-16H,11-14H2,1-3H3. The summed E-state index contributed by atoms with van der Waals surface area (Å²) in [6.07, 6.45) is 1.68. The van der Waals surface area contributed by atoms with Gasteiger partial charge in [-0.1, -0.05) is 29.8 Å². The van der Waals surface area contributed by atoms with E-state index in [9.17, 15) is 9.18 Å². The first-order chi connectivity index (χ1) is 15.9. The third kappa shape index (κ3) is 3.84. The number of hydrogen-bond donors (Lipinski definition) is 0. The first-order valence-corrected chi connectivity index (χ1v) is 11.1. The Morgan fingerprint density at radius 3 is 2.39 bits per heavy atom. The van der Waals surface area contributed by atoms with Crippen molar-refractivity contribution < 1.29 is 9.18 Å². The third-order valence-corrected chi connectivity index (χ3v) is 6.36. The van der Waals surface area contributed by atoms with Crippen molar-refractivity contribution in [3.63, 3.8) is 0 Å². The fraction of sp³-hybridized carbons (Fsp3) is 0.269. The number of piperazine rings is 1. The van der Waals surface area contributed by atoms with Gasteiger partial charge in [-0.15, -0.1) is 0 Å². The molecular weight excluding hydrogens is 417 g/mol. The number of amides is 1. The van der Waals surface area contributed by atoms with Crippen molar-refractivity contribution in [2.45, 2.75) is 20.8 Å². The van der Waals surface area contributed by atoms with Crippen LogP contribution >= 0.6 is 0 Å². The van der Waals surface area contributed by atoms with E-state index >= 15 is 0 Å². The second-order valence-electron chi connectivity index (χ2n) is 8.58. The fourth-order valence-corrected chi connectivity index (χ4v) is 4.54. The molecule has 1 aliphatic rings. The lowest BCUT2D eigenvalue weighted by Gasteiger charge is -2.36. The van der Waals surface area contributed by atoms with E-state index < -0.39 is 0 Å². The van der Waals surface area contributed by atoms with Crippen molar-refractivity contribution in [1.82, 2.24) is 19.5 Å². The molecule has 4 aromatic rings. The zero-order chi connectivity index (χ0) is 23.1. The fourth-order valence-electron chi connectivity index (χ4n) is 4.54. The van der Waals surface area contributed by atoms with E-state index in [4.69, 9.17) is 5.10 Å². The largest absolute Gasteiger partial charge is 0.368 e. The summed E-state index contributed by atoms with van der Waals surface area (Å²) in [5.41, 5.74) is 7.21. The van der Waals surface area contributed by atoms with Crippen LogP contribution in [0, 0.1) is 26.6 Å². The molecule has 0 bridgehead atoms. The van der Waals surface area contributed by atoms with Crippen molar-refractivity contribution in [3.05, 3.63) is 83.1 Å². The predicted octanol–water partition coefficient (Wildman–Crippen LogP) is 4.42. The van der Waals surface area contributed by atoms with E-state index in [-0.39, 0.29) is 11.7 Å². The SMILES string of the molecule is Cc1cccc(-c2c(C)nn3c(C)c(C(=O)N4CCN(c5ccc(F)cc5)CC4)cnc23)c1. The molecule has 168 valence electrons. The van der Waals surface area contributed by atoms with E-state index in [2.05, 4.69) is 35.0 Å². The van der Waals surface area contributed by atoms with Crippen LogP contribution in [0.5, 0.6) is 0 Å². The molecular formula is C26H26FN5O. The molecule has 0 N–H and O–H groups in total. The molecule has 0 radical (unpaired) electrons. The van der Waals surface area contributed by atoms with Crippen LogP contribution in [0.4, 0.5) is 10.1 Å². The van der Waals surface area contributed by atoms with Crippen LogP contribution in [0.1, 0.15) is 27.3 Å². The summed E-state index contributed by atoms with van der Waals surface area (Å²) in [7, 11) is 0. The predicted molar refractivity (Wildman–Crippen MR) is 127 cm³/mol. The Bertz CT molecular complexity index is 1340. The lowest BCUT2D eigenvalue weighted by atomic mass is 10.0. The summed E-state index contributed by atoms with van der Waals surface area (Å²) in [6, 6.07) is 14.8. The quantitative estimate of drug-likeness (QED) is 0.470. The lowest BCUT2D eigenvalue weighted by molar-refractivity contribution is 0.0745. The minimum absolute atomic E-state index is 0.0362. The average Bonchev–Trinajstić information content (AvgIpc) is 3.16. The van der Waals surface area contributed by atoms with Crippen LogP contribution < -0.4 is 4.90 Å². The lowest BCUT2D eigenvalue weighted by Crippen LogP contribution is -2.49. The number of rotatable bonds is 3. The first-order valence-electron chi connectivity index (χ1n) is 11.1. The molecule has 0 unspecified atom stereocenters. The van der Waals surface area contributed by atoms with Crippen LogP contribution in [-0.2, 0) is 0 Å². The zero-order valence-corrected chi connectivity index (χ0v) is 19.0. The van der Waals surface area contributed by atoms with E-state index in [1.807, 2.05) is 24.8 Å². The maximum atomic E-state index is 13.3. The summed E-state index contributed by atoms with van der Waals surface area (Å²) >= 11 is 0. The van der Waals surface area contributed by atoms with Crippen molar-refractivity contribution in [2.75, 3.05) is 31.1 Å². The van der Waals surface area contributed by atoms with Gasteiger partial charge >= 0.3 is 0 Å². The number of carbonyl (C=O) groups excluding carboxylic acids is 1. The molecule has 0 spiro atoms. The van der Waals surface area contributed by atoms with Crippen molar-refractivity contribution in [1.29, 1.82) is 0 Å². The summed E-state index contributed by atoms with van der Waals surface area (Å²) in [4.78, 5) is 22.0. The number of aromatic nitrogens is 3. The Morgan fingerprint density at radius 1 is 0.970 bits per heavy atom. The summed E-state index contributed by atoms with van der Waals surface area (Å²) < 4.78 is 15.0. The van der Waals surface area contributed by atoms with Gasteiger partial charge in [0.05, 0.1) is 17.0 Å². The third-order valence-electron chi connectivity index (χ3n) is 6.36. The normalized spacial score (nSPS) is 14.2. The van der Waals surface area contributed by atoms with Gasteiger partial charge in [-0.25, -0.2) is 13.9 Å². The summed E-state index contributed by atoms with van der Waals surface area (Å²) in [6.45, 7) is 8.55. The molecule has 33 heavy (non-hydrogen) atoms. The van der Waals surface area contributed by atoms with E-state index in [0.717, 1.165) is 33.8 Å². The molecule has 0 saturated carbocycles. The van der Waals surface area contributed by atoms with Crippen LogP contribution in [0.15, 0.2) is 54.7 Å². The van der Waals surface area contributed by atoms with E-state index in [1.165, 1.54) is 17.7 Å². The molecule has 6 nitrogen and oxygen atoms in total. The number of hydrogen-bond acceptors (Lipinski definition) is 4. The van der Waals surface area contributed by atoms with Gasteiger partial charge in [0.1, 0.15) is 5.82 Å². The van der Waals surface area contributed by atoms with Gasteiger partial charge in [-0.05, 0) is 50.6 Å². The Hall–Kier alpha value is -3.74. The molecule has 1 fully saturated rings. The molecule has 7 heteroatoms. The number of nitrogens with zero attached hydrogens (tertiary/aromatic N) is 5. The molecule has 2 aromatic heterocycles. The highest BCUT2D eigenvalue weighted by atomic mass is 19.1. The monoisotopic (exact) mass is 443 g/mol. The van der Waals surface area contributed by atoms with Gasteiger partial charge in [0.2, 0.25) is 0 Å². The highest BCUT2D eigenvalue weighted by molar-refractivity contribution is 5.96. The summed E-state index contributed by atoms with van der Waals surface area (Å²) in [5, 5.41) is 4.71. The average molecular weight is 444 g/mol. The van der Waals surface area contributed by atoms with Crippen molar-refractivity contribution >= 4 is 17.2 Å². The minimum Gasteiger partial charge on any atom is -0.368 e. The number of fused-ring (bicyclic) bond motifs is 1. The van der Waals surface area contributed by atoms with Gasteiger partial charge in [0.25, 0.3) is 5.91 Å². The Morgan fingerprint density at radius 2 is 1.70 bits per heavy atom. The van der Waals surface area contributed by atoms with Crippen LogP contribution in [0.3, 0.4) is 0 Å². The second kappa shape index (κ2) is 8.31. The zero-order valence-electron chi connectivity index (χ0n) is 19.0. The van der Waals surface area contributed by atoms with Crippen LogP contribution in [-0.4, -0.2) is 51.6 Å². The van der Waals surface area contributed by atoms with Crippen LogP contribution in [0.25, 0.3) is 16.8 Å². The number of anilines is 1. The maximum absolute atomic E-state index is 13.3. The molecule has 2 aromatic carbocycles. The Kier molecular flexibility index (Phi) is 5.32. The first kappa shape index (κ1) is 21.1. The van der Waals surface area contributed by atoms with Crippen LogP contribution in [0.2, 0.25) is 0 Å². The second-order valence-corrected chi connectivity index (χ2v) is 8.58.